The third-order valence-corrected chi connectivity index (χ3v) is 2.95. The lowest BCUT2D eigenvalue weighted by molar-refractivity contribution is 0.483. The van der Waals surface area contributed by atoms with E-state index < -0.39 is 0 Å². The lowest BCUT2D eigenvalue weighted by Crippen LogP contribution is -2.12. The second-order valence-electron chi connectivity index (χ2n) is 4.20. The molecule has 0 radical (unpaired) electrons. The largest absolute Gasteiger partial charge is 0.468 e. The van der Waals surface area contributed by atoms with Gasteiger partial charge in [-0.15, -0.1) is 0 Å². The van der Waals surface area contributed by atoms with Crippen molar-refractivity contribution in [2.24, 2.45) is 0 Å². The van der Waals surface area contributed by atoms with E-state index in [0.717, 1.165) is 18.8 Å². The molecule has 0 saturated carbocycles. The van der Waals surface area contributed by atoms with E-state index in [2.05, 4.69) is 28.5 Å². The van der Waals surface area contributed by atoms with Crippen molar-refractivity contribution >= 4 is 10.8 Å². The fourth-order valence-corrected chi connectivity index (χ4v) is 2.05. The van der Waals surface area contributed by atoms with E-state index in [1.807, 2.05) is 30.6 Å². The topological polar surface area (TPSA) is 38.1 Å². The van der Waals surface area contributed by atoms with Gasteiger partial charge in [0.25, 0.3) is 0 Å². The summed E-state index contributed by atoms with van der Waals surface area (Å²) in [5.74, 6) is 0.947. The van der Waals surface area contributed by atoms with Gasteiger partial charge in [-0.25, -0.2) is 0 Å². The summed E-state index contributed by atoms with van der Waals surface area (Å²) >= 11 is 0. The van der Waals surface area contributed by atoms with Crippen LogP contribution in [0.1, 0.15) is 11.3 Å². The van der Waals surface area contributed by atoms with Crippen LogP contribution in [0.25, 0.3) is 10.8 Å². The summed E-state index contributed by atoms with van der Waals surface area (Å²) in [5.41, 5.74) is 1.21. The van der Waals surface area contributed by atoms with Crippen molar-refractivity contribution in [1.82, 2.24) is 10.3 Å². The molecule has 0 atom stereocenters. The molecule has 0 unspecified atom stereocenters. The number of nitrogens with one attached hydrogen (secondary N) is 1. The minimum Gasteiger partial charge on any atom is -0.468 e. The first-order valence-electron chi connectivity index (χ1n) is 5.98. The number of furan rings is 1. The zero-order chi connectivity index (χ0) is 12.2. The fourth-order valence-electron chi connectivity index (χ4n) is 2.05. The van der Waals surface area contributed by atoms with E-state index in [1.54, 1.807) is 6.26 Å². The van der Waals surface area contributed by atoms with Gasteiger partial charge < -0.3 is 9.73 Å². The van der Waals surface area contributed by atoms with E-state index >= 15 is 0 Å². The van der Waals surface area contributed by atoms with E-state index in [4.69, 9.17) is 4.42 Å². The first-order valence-corrected chi connectivity index (χ1v) is 5.98. The highest BCUT2D eigenvalue weighted by Gasteiger charge is 2.01. The fraction of sp³-hybridized carbons (Fsp3) is 0.133. The number of benzene rings is 1. The first-order chi connectivity index (χ1) is 8.93. The van der Waals surface area contributed by atoms with Crippen LogP contribution in [0.4, 0.5) is 0 Å². The summed E-state index contributed by atoms with van der Waals surface area (Å²) in [6.07, 6.45) is 5.50. The highest BCUT2D eigenvalue weighted by Crippen LogP contribution is 2.16. The smallest absolute Gasteiger partial charge is 0.117 e. The molecule has 0 aliphatic rings. The zero-order valence-electron chi connectivity index (χ0n) is 9.97. The van der Waals surface area contributed by atoms with E-state index in [-0.39, 0.29) is 0 Å². The van der Waals surface area contributed by atoms with Gasteiger partial charge in [0, 0.05) is 24.3 Å². The van der Waals surface area contributed by atoms with Crippen LogP contribution >= 0.6 is 0 Å². The van der Waals surface area contributed by atoms with Crippen LogP contribution < -0.4 is 5.32 Å². The Morgan fingerprint density at radius 2 is 1.94 bits per heavy atom. The molecule has 3 heteroatoms. The molecule has 1 N–H and O–H groups in total. The molecular formula is C15H14N2O. The normalized spacial score (nSPS) is 10.9. The van der Waals surface area contributed by atoms with Crippen LogP contribution in [0.15, 0.2) is 59.5 Å². The maximum atomic E-state index is 5.28. The van der Waals surface area contributed by atoms with Gasteiger partial charge in [-0.2, -0.15) is 0 Å². The van der Waals surface area contributed by atoms with Crippen molar-refractivity contribution in [3.05, 3.63) is 66.4 Å². The quantitative estimate of drug-likeness (QED) is 0.759. The third-order valence-electron chi connectivity index (χ3n) is 2.95. The Morgan fingerprint density at radius 3 is 2.83 bits per heavy atom. The average molecular weight is 238 g/mol. The van der Waals surface area contributed by atoms with Crippen LogP contribution in [0.3, 0.4) is 0 Å². The summed E-state index contributed by atoms with van der Waals surface area (Å²) in [5, 5.41) is 5.79. The second-order valence-corrected chi connectivity index (χ2v) is 4.20. The number of hydrogen-bond acceptors (Lipinski definition) is 3. The monoisotopic (exact) mass is 238 g/mol. The van der Waals surface area contributed by atoms with Gasteiger partial charge in [0.2, 0.25) is 0 Å². The average Bonchev–Trinajstić information content (AvgIpc) is 2.92. The first kappa shape index (κ1) is 11.0. The van der Waals surface area contributed by atoms with Crippen molar-refractivity contribution in [3.8, 4) is 0 Å². The highest BCUT2D eigenvalue weighted by molar-refractivity contribution is 5.84. The Bertz CT molecular complexity index is 627. The SMILES string of the molecule is c1coc(CNCc2cncc3ccccc23)c1. The maximum absolute atomic E-state index is 5.28. The van der Waals surface area contributed by atoms with Gasteiger partial charge in [-0.1, -0.05) is 24.3 Å². The van der Waals surface area contributed by atoms with Gasteiger partial charge >= 0.3 is 0 Å². The molecule has 2 aromatic heterocycles. The summed E-state index contributed by atoms with van der Waals surface area (Å²) in [4.78, 5) is 4.27. The van der Waals surface area contributed by atoms with E-state index in [1.165, 1.54) is 16.3 Å². The molecule has 2 heterocycles. The predicted octanol–water partition coefficient (Wildman–Crippen LogP) is 3.12. The summed E-state index contributed by atoms with van der Waals surface area (Å²) in [6.45, 7) is 1.52. The molecule has 0 aliphatic carbocycles. The lowest BCUT2D eigenvalue weighted by atomic mass is 10.1. The molecular weight excluding hydrogens is 224 g/mol. The minimum absolute atomic E-state index is 0.732. The number of fused-ring (bicyclic) bond motifs is 1. The van der Waals surface area contributed by atoms with Crippen molar-refractivity contribution in [3.63, 3.8) is 0 Å². The summed E-state index contributed by atoms with van der Waals surface area (Å²) < 4.78 is 5.28. The number of hydrogen-bond donors (Lipinski definition) is 1. The molecule has 0 fully saturated rings. The van der Waals surface area contributed by atoms with Crippen LogP contribution in [-0.4, -0.2) is 4.98 Å². The Balaban J connectivity index is 1.74. The molecule has 18 heavy (non-hydrogen) atoms. The molecule has 0 amide bonds. The number of aromatic nitrogens is 1. The minimum atomic E-state index is 0.732. The van der Waals surface area contributed by atoms with Crippen molar-refractivity contribution < 1.29 is 4.42 Å². The summed E-state index contributed by atoms with van der Waals surface area (Å²) in [6, 6.07) is 12.2. The van der Waals surface area contributed by atoms with Crippen molar-refractivity contribution in [2.45, 2.75) is 13.1 Å². The van der Waals surface area contributed by atoms with Gasteiger partial charge in [-0.05, 0) is 23.1 Å². The van der Waals surface area contributed by atoms with Crippen molar-refractivity contribution in [2.75, 3.05) is 0 Å². The molecule has 3 nitrogen and oxygen atoms in total. The number of rotatable bonds is 4. The zero-order valence-corrected chi connectivity index (χ0v) is 9.97. The molecule has 0 saturated heterocycles. The lowest BCUT2D eigenvalue weighted by Gasteiger charge is -2.06. The van der Waals surface area contributed by atoms with Crippen LogP contribution in [0, 0.1) is 0 Å². The van der Waals surface area contributed by atoms with Crippen molar-refractivity contribution in [1.29, 1.82) is 0 Å². The third kappa shape index (κ3) is 2.26. The Kier molecular flexibility index (Phi) is 3.07. The standard InChI is InChI=1S/C15H14N2O/c1-2-6-15-12(4-1)8-16-9-13(15)10-17-11-14-5-3-7-18-14/h1-9,17H,10-11H2. The summed E-state index contributed by atoms with van der Waals surface area (Å²) in [7, 11) is 0. The van der Waals surface area contributed by atoms with E-state index in [9.17, 15) is 0 Å². The molecule has 0 bridgehead atoms. The Hall–Kier alpha value is -2.13. The molecule has 0 aliphatic heterocycles. The van der Waals surface area contributed by atoms with Crippen LogP contribution in [-0.2, 0) is 13.1 Å². The highest BCUT2D eigenvalue weighted by atomic mass is 16.3. The molecule has 90 valence electrons. The number of nitrogens with zero attached hydrogens (tertiary/aromatic N) is 1. The molecule has 1 aromatic carbocycles. The van der Waals surface area contributed by atoms with Crippen LogP contribution in [0.2, 0.25) is 0 Å². The van der Waals surface area contributed by atoms with E-state index in [0.29, 0.717) is 0 Å². The van der Waals surface area contributed by atoms with Gasteiger partial charge in [0.1, 0.15) is 5.76 Å². The Morgan fingerprint density at radius 1 is 1.00 bits per heavy atom. The van der Waals surface area contributed by atoms with Gasteiger partial charge in [0.15, 0.2) is 0 Å². The van der Waals surface area contributed by atoms with Crippen LogP contribution in [0.5, 0.6) is 0 Å². The Labute approximate surface area is 105 Å². The molecule has 3 rings (SSSR count). The van der Waals surface area contributed by atoms with Gasteiger partial charge in [-0.3, -0.25) is 4.98 Å². The maximum Gasteiger partial charge on any atom is 0.117 e. The second kappa shape index (κ2) is 5.02. The van der Waals surface area contributed by atoms with Gasteiger partial charge in [0.05, 0.1) is 12.8 Å². The predicted molar refractivity (Wildman–Crippen MR) is 71.0 cm³/mol. The molecule has 3 aromatic rings. The molecule has 0 spiro atoms. The number of pyridine rings is 1.